The largest absolute Gasteiger partial charge is 0.439 e. The number of hydrogen-bond acceptors (Lipinski definition) is 3. The van der Waals surface area contributed by atoms with E-state index in [0.717, 1.165) is 18.7 Å². The average Bonchev–Trinajstić information content (AvgIpc) is 2.91. The molecule has 1 aromatic carbocycles. The second-order valence-electron chi connectivity index (χ2n) is 6.13. The van der Waals surface area contributed by atoms with Gasteiger partial charge in [-0.05, 0) is 48.7 Å². The fraction of sp³-hybridized carbons (Fsp3) is 0.368. The van der Waals surface area contributed by atoms with Crippen molar-refractivity contribution in [1.82, 2.24) is 9.88 Å². The summed E-state index contributed by atoms with van der Waals surface area (Å²) in [5.41, 5.74) is 7.10. The first-order valence-electron chi connectivity index (χ1n) is 8.64. The van der Waals surface area contributed by atoms with Crippen molar-refractivity contribution in [2.75, 3.05) is 13.1 Å². The molecule has 0 atom stereocenters. The van der Waals surface area contributed by atoms with Gasteiger partial charge in [0.1, 0.15) is 11.6 Å². The van der Waals surface area contributed by atoms with E-state index in [1.807, 2.05) is 12.1 Å². The fourth-order valence-corrected chi connectivity index (χ4v) is 2.80. The molecule has 26 heavy (non-hydrogen) atoms. The van der Waals surface area contributed by atoms with Gasteiger partial charge in [0.05, 0.1) is 6.54 Å². The molecule has 3 rings (SSSR count). The number of aromatic nitrogens is 1. The monoisotopic (exact) mass is 470 g/mol. The first-order chi connectivity index (χ1) is 12.2. The number of halogens is 2. The quantitative estimate of drug-likeness (QED) is 0.411. The summed E-state index contributed by atoms with van der Waals surface area (Å²) in [4.78, 5) is 10.8. The van der Waals surface area contributed by atoms with Gasteiger partial charge in [-0.25, -0.2) is 14.4 Å². The van der Waals surface area contributed by atoms with Crippen molar-refractivity contribution in [3.05, 3.63) is 54.0 Å². The van der Waals surface area contributed by atoms with E-state index in [2.05, 4.69) is 14.9 Å². The maximum atomic E-state index is 12.9. The van der Waals surface area contributed by atoms with Gasteiger partial charge in [0.15, 0.2) is 5.96 Å². The van der Waals surface area contributed by atoms with Crippen LogP contribution in [0.5, 0.6) is 11.6 Å². The van der Waals surface area contributed by atoms with Gasteiger partial charge in [0, 0.05) is 25.4 Å². The lowest BCUT2D eigenvalue weighted by molar-refractivity contribution is 0.428. The van der Waals surface area contributed by atoms with E-state index in [9.17, 15) is 4.39 Å². The second-order valence-corrected chi connectivity index (χ2v) is 6.13. The van der Waals surface area contributed by atoms with Gasteiger partial charge in [-0.2, -0.15) is 0 Å². The highest BCUT2D eigenvalue weighted by Gasteiger charge is 2.10. The number of pyridine rings is 1. The molecule has 1 aromatic heterocycles. The summed E-state index contributed by atoms with van der Waals surface area (Å²) in [6.07, 6.45) is 6.53. The Hall–Kier alpha value is -1.90. The number of benzene rings is 1. The van der Waals surface area contributed by atoms with Crippen molar-refractivity contribution in [2.24, 2.45) is 10.7 Å². The third kappa shape index (κ3) is 6.12. The number of ether oxygens (including phenoxy) is 1. The standard InChI is InChI=1S/C19H23FN4O.HI/c20-16-5-7-17(8-6-16)25-18-13-15(9-10-22-18)14-23-19(21)24-11-3-1-2-4-12-24;/h5-10,13H,1-4,11-12,14H2,(H2,21,23);1H. The van der Waals surface area contributed by atoms with Crippen LogP contribution in [0.4, 0.5) is 4.39 Å². The van der Waals surface area contributed by atoms with Gasteiger partial charge in [0.25, 0.3) is 0 Å². The normalized spacial score (nSPS) is 15.1. The summed E-state index contributed by atoms with van der Waals surface area (Å²) in [6.45, 7) is 2.43. The van der Waals surface area contributed by atoms with E-state index < -0.39 is 0 Å². The lowest BCUT2D eigenvalue weighted by Crippen LogP contribution is -2.38. The van der Waals surface area contributed by atoms with E-state index in [0.29, 0.717) is 24.1 Å². The molecule has 0 bridgehead atoms. The number of likely N-dealkylation sites (tertiary alicyclic amines) is 1. The molecule has 1 aliphatic heterocycles. The van der Waals surface area contributed by atoms with Gasteiger partial charge in [-0.15, -0.1) is 24.0 Å². The highest BCUT2D eigenvalue weighted by molar-refractivity contribution is 14.0. The molecular weight excluding hydrogens is 446 g/mol. The summed E-state index contributed by atoms with van der Waals surface area (Å²) in [5, 5.41) is 0. The number of nitrogens with zero attached hydrogens (tertiary/aromatic N) is 3. The predicted octanol–water partition coefficient (Wildman–Crippen LogP) is 4.32. The Kier molecular flexibility index (Phi) is 8.08. The molecule has 0 saturated carbocycles. The molecule has 2 aromatic rings. The number of rotatable bonds is 4. The number of guanidine groups is 1. The van der Waals surface area contributed by atoms with Crippen LogP contribution in [0.15, 0.2) is 47.6 Å². The van der Waals surface area contributed by atoms with Gasteiger partial charge in [-0.3, -0.25) is 0 Å². The second kappa shape index (κ2) is 10.3. The van der Waals surface area contributed by atoms with Crippen LogP contribution < -0.4 is 10.5 Å². The maximum absolute atomic E-state index is 12.9. The zero-order valence-electron chi connectivity index (χ0n) is 14.6. The first-order valence-corrected chi connectivity index (χ1v) is 8.64. The van der Waals surface area contributed by atoms with Gasteiger partial charge >= 0.3 is 0 Å². The molecule has 0 unspecified atom stereocenters. The van der Waals surface area contributed by atoms with E-state index in [1.54, 1.807) is 18.3 Å². The molecule has 7 heteroatoms. The molecule has 0 radical (unpaired) electrons. The molecule has 1 aliphatic rings. The van der Waals surface area contributed by atoms with Crippen molar-refractivity contribution in [1.29, 1.82) is 0 Å². The topological polar surface area (TPSA) is 63.7 Å². The Morgan fingerprint density at radius 1 is 1.12 bits per heavy atom. The summed E-state index contributed by atoms with van der Waals surface area (Å²) < 4.78 is 18.6. The Bertz CT molecular complexity index is 716. The molecule has 0 amide bonds. The van der Waals surface area contributed by atoms with Crippen molar-refractivity contribution in [3.8, 4) is 11.6 Å². The fourth-order valence-electron chi connectivity index (χ4n) is 2.80. The number of aliphatic imine (C=N–C) groups is 1. The van der Waals surface area contributed by atoms with Crippen LogP contribution in [0.3, 0.4) is 0 Å². The van der Waals surface area contributed by atoms with Crippen LogP contribution in [-0.2, 0) is 6.54 Å². The average molecular weight is 470 g/mol. The van der Waals surface area contributed by atoms with Gasteiger partial charge in [0.2, 0.25) is 5.88 Å². The minimum absolute atomic E-state index is 0. The molecular formula is C19H24FIN4O. The minimum atomic E-state index is -0.299. The number of nitrogens with two attached hydrogens (primary N) is 1. The first kappa shape index (κ1) is 20.4. The summed E-state index contributed by atoms with van der Waals surface area (Å²) >= 11 is 0. The van der Waals surface area contributed by atoms with Crippen molar-refractivity contribution in [2.45, 2.75) is 32.2 Å². The molecule has 2 heterocycles. The van der Waals surface area contributed by atoms with Crippen LogP contribution in [0.1, 0.15) is 31.2 Å². The van der Waals surface area contributed by atoms with Crippen LogP contribution >= 0.6 is 24.0 Å². The Labute approximate surface area is 170 Å². The van der Waals surface area contributed by atoms with E-state index in [-0.39, 0.29) is 29.8 Å². The molecule has 140 valence electrons. The molecule has 0 spiro atoms. The SMILES string of the molecule is I.NC(=NCc1ccnc(Oc2ccc(F)cc2)c1)N1CCCCCC1. The third-order valence-corrected chi connectivity index (χ3v) is 4.19. The highest BCUT2D eigenvalue weighted by Crippen LogP contribution is 2.20. The van der Waals surface area contributed by atoms with Crippen LogP contribution in [-0.4, -0.2) is 28.9 Å². The minimum Gasteiger partial charge on any atom is -0.439 e. The van der Waals surface area contributed by atoms with Crippen molar-refractivity contribution >= 4 is 29.9 Å². The molecule has 0 aliphatic carbocycles. The highest BCUT2D eigenvalue weighted by atomic mass is 127. The van der Waals surface area contributed by atoms with Crippen LogP contribution in [0.2, 0.25) is 0 Å². The maximum Gasteiger partial charge on any atom is 0.219 e. The van der Waals surface area contributed by atoms with Gasteiger partial charge in [-0.1, -0.05) is 12.8 Å². The van der Waals surface area contributed by atoms with E-state index >= 15 is 0 Å². The Morgan fingerprint density at radius 2 is 1.81 bits per heavy atom. The van der Waals surface area contributed by atoms with Crippen LogP contribution in [0, 0.1) is 5.82 Å². The molecule has 5 nitrogen and oxygen atoms in total. The predicted molar refractivity (Wildman–Crippen MR) is 111 cm³/mol. The van der Waals surface area contributed by atoms with Gasteiger partial charge < -0.3 is 15.4 Å². The van der Waals surface area contributed by atoms with Crippen molar-refractivity contribution in [3.63, 3.8) is 0 Å². The number of hydrogen-bond donors (Lipinski definition) is 1. The summed E-state index contributed by atoms with van der Waals surface area (Å²) in [5.74, 6) is 1.29. The van der Waals surface area contributed by atoms with Crippen LogP contribution in [0.25, 0.3) is 0 Å². The van der Waals surface area contributed by atoms with E-state index in [4.69, 9.17) is 10.5 Å². The van der Waals surface area contributed by atoms with E-state index in [1.165, 1.54) is 37.8 Å². The molecule has 1 saturated heterocycles. The third-order valence-electron chi connectivity index (χ3n) is 4.19. The zero-order chi connectivity index (χ0) is 17.5. The molecule has 2 N–H and O–H groups in total. The Balaban J connectivity index is 0.00000243. The van der Waals surface area contributed by atoms with Crippen molar-refractivity contribution < 1.29 is 9.13 Å². The smallest absolute Gasteiger partial charge is 0.219 e. The zero-order valence-corrected chi connectivity index (χ0v) is 16.9. The molecule has 1 fully saturated rings. The summed E-state index contributed by atoms with van der Waals surface area (Å²) in [7, 11) is 0. The Morgan fingerprint density at radius 3 is 2.50 bits per heavy atom. The lowest BCUT2D eigenvalue weighted by atomic mass is 10.2. The summed E-state index contributed by atoms with van der Waals surface area (Å²) in [6, 6.07) is 9.55. The lowest BCUT2D eigenvalue weighted by Gasteiger charge is -2.21.